The van der Waals surface area contributed by atoms with Gasteiger partial charge in [-0.15, -0.1) is 0 Å². The molecule has 0 aliphatic heterocycles. The van der Waals surface area contributed by atoms with Crippen molar-refractivity contribution in [3.05, 3.63) is 83.4 Å². The lowest BCUT2D eigenvalue weighted by atomic mass is 9.95. The van der Waals surface area contributed by atoms with Crippen LogP contribution in [0.1, 0.15) is 21.5 Å². The zero-order chi connectivity index (χ0) is 14.7. The van der Waals surface area contributed by atoms with Crippen LogP contribution >= 0.6 is 0 Å². The lowest BCUT2D eigenvalue weighted by molar-refractivity contribution is 0.0699. The molecule has 3 aromatic carbocycles. The second-order valence-corrected chi connectivity index (χ2v) is 5.11. The van der Waals surface area contributed by atoms with E-state index >= 15 is 0 Å². The first-order valence-corrected chi connectivity index (χ1v) is 7.03. The number of benzene rings is 3. The molecular formula is C19H16O2. The van der Waals surface area contributed by atoms with Crippen molar-refractivity contribution in [3.63, 3.8) is 0 Å². The number of hydrogen-bond donors (Lipinski definition) is 1. The minimum atomic E-state index is -0.868. The summed E-state index contributed by atoms with van der Waals surface area (Å²) in [6.45, 7) is 0. The summed E-state index contributed by atoms with van der Waals surface area (Å²) in [6.07, 6.45) is 1.75. The third-order valence-corrected chi connectivity index (χ3v) is 3.75. The van der Waals surface area contributed by atoms with Gasteiger partial charge in [0.25, 0.3) is 0 Å². The number of carboxylic acids is 1. The molecule has 0 bridgehead atoms. The second kappa shape index (κ2) is 5.80. The Kier molecular flexibility index (Phi) is 3.69. The van der Waals surface area contributed by atoms with E-state index in [2.05, 4.69) is 12.1 Å². The maximum Gasteiger partial charge on any atom is 0.336 e. The first-order valence-electron chi connectivity index (χ1n) is 7.03. The van der Waals surface area contributed by atoms with Gasteiger partial charge in [-0.3, -0.25) is 0 Å². The number of carboxylic acid groups (broad SMARTS) is 1. The second-order valence-electron chi connectivity index (χ2n) is 5.11. The molecule has 0 aliphatic carbocycles. The summed E-state index contributed by atoms with van der Waals surface area (Å²) in [5.41, 5.74) is 2.74. The molecule has 0 saturated heterocycles. The van der Waals surface area contributed by atoms with Gasteiger partial charge in [0, 0.05) is 0 Å². The Balaban J connectivity index is 2.00. The van der Waals surface area contributed by atoms with E-state index in [0.29, 0.717) is 5.56 Å². The van der Waals surface area contributed by atoms with Gasteiger partial charge < -0.3 is 5.11 Å². The van der Waals surface area contributed by atoms with Crippen LogP contribution in [-0.4, -0.2) is 11.1 Å². The normalized spacial score (nSPS) is 10.7. The van der Waals surface area contributed by atoms with Crippen LogP contribution in [0.3, 0.4) is 0 Å². The maximum atomic E-state index is 11.4. The van der Waals surface area contributed by atoms with Crippen molar-refractivity contribution in [1.29, 1.82) is 0 Å². The zero-order valence-electron chi connectivity index (χ0n) is 11.6. The lowest BCUT2D eigenvalue weighted by Gasteiger charge is -2.09. The molecule has 3 rings (SSSR count). The van der Waals surface area contributed by atoms with Gasteiger partial charge in [-0.2, -0.15) is 0 Å². The van der Waals surface area contributed by atoms with Crippen molar-refractivity contribution >= 4 is 16.7 Å². The summed E-state index contributed by atoms with van der Waals surface area (Å²) in [4.78, 5) is 11.4. The first kappa shape index (κ1) is 13.4. The summed E-state index contributed by atoms with van der Waals surface area (Å²) in [6, 6.07) is 21.7. The average Bonchev–Trinajstić information content (AvgIpc) is 2.53. The largest absolute Gasteiger partial charge is 0.478 e. The van der Waals surface area contributed by atoms with E-state index < -0.39 is 5.97 Å². The summed E-state index contributed by atoms with van der Waals surface area (Å²) < 4.78 is 0. The molecule has 0 aliphatic rings. The van der Waals surface area contributed by atoms with E-state index in [1.54, 1.807) is 12.1 Å². The van der Waals surface area contributed by atoms with Crippen molar-refractivity contribution < 1.29 is 9.90 Å². The van der Waals surface area contributed by atoms with Gasteiger partial charge in [-0.25, -0.2) is 4.79 Å². The first-order chi connectivity index (χ1) is 10.3. The fourth-order valence-corrected chi connectivity index (χ4v) is 2.73. The van der Waals surface area contributed by atoms with E-state index in [1.807, 2.05) is 42.5 Å². The van der Waals surface area contributed by atoms with E-state index in [1.165, 1.54) is 5.56 Å². The van der Waals surface area contributed by atoms with Crippen molar-refractivity contribution in [2.45, 2.75) is 12.8 Å². The number of aryl methyl sites for hydroxylation is 2. The number of carbonyl (C=O) groups is 1. The molecule has 0 fully saturated rings. The van der Waals surface area contributed by atoms with Gasteiger partial charge in [0.15, 0.2) is 0 Å². The fraction of sp³-hybridized carbons (Fsp3) is 0.105. The van der Waals surface area contributed by atoms with Gasteiger partial charge in [-0.1, -0.05) is 60.7 Å². The molecular weight excluding hydrogens is 260 g/mol. The molecule has 0 atom stereocenters. The van der Waals surface area contributed by atoms with Crippen molar-refractivity contribution in [1.82, 2.24) is 0 Å². The van der Waals surface area contributed by atoms with Crippen LogP contribution in [0, 0.1) is 0 Å². The highest BCUT2D eigenvalue weighted by Crippen LogP contribution is 2.24. The number of hydrogen-bond acceptors (Lipinski definition) is 1. The van der Waals surface area contributed by atoms with E-state index in [4.69, 9.17) is 0 Å². The van der Waals surface area contributed by atoms with Gasteiger partial charge in [0.2, 0.25) is 0 Å². The molecule has 104 valence electrons. The summed E-state index contributed by atoms with van der Waals surface area (Å²) in [5.74, 6) is -0.868. The van der Waals surface area contributed by atoms with Crippen LogP contribution in [0.25, 0.3) is 10.8 Å². The van der Waals surface area contributed by atoms with Gasteiger partial charge in [-0.05, 0) is 40.8 Å². The van der Waals surface area contributed by atoms with Gasteiger partial charge >= 0.3 is 5.97 Å². The van der Waals surface area contributed by atoms with E-state index in [-0.39, 0.29) is 0 Å². The quantitative estimate of drug-likeness (QED) is 0.770. The van der Waals surface area contributed by atoms with Gasteiger partial charge in [0.1, 0.15) is 0 Å². The van der Waals surface area contributed by atoms with Crippen LogP contribution in [-0.2, 0) is 12.8 Å². The average molecular weight is 276 g/mol. The maximum absolute atomic E-state index is 11.4. The standard InChI is InChI=1S/C19H16O2/c20-19(21)17-11-5-10-15-8-4-9-16(18(15)17)13-12-14-6-2-1-3-7-14/h1-11H,12-13H2,(H,20,21). The van der Waals surface area contributed by atoms with Crippen LogP contribution in [0.4, 0.5) is 0 Å². The Bertz CT molecular complexity index is 771. The molecule has 0 unspecified atom stereocenters. The number of aromatic carboxylic acids is 1. The van der Waals surface area contributed by atoms with Crippen molar-refractivity contribution in [2.24, 2.45) is 0 Å². The van der Waals surface area contributed by atoms with Crippen molar-refractivity contribution in [3.8, 4) is 0 Å². The van der Waals surface area contributed by atoms with Crippen LogP contribution in [0.5, 0.6) is 0 Å². The molecule has 0 saturated carbocycles. The smallest absolute Gasteiger partial charge is 0.336 e. The highest BCUT2D eigenvalue weighted by atomic mass is 16.4. The summed E-state index contributed by atoms with van der Waals surface area (Å²) in [5, 5.41) is 11.2. The lowest BCUT2D eigenvalue weighted by Crippen LogP contribution is -2.01. The predicted octanol–water partition coefficient (Wildman–Crippen LogP) is 4.32. The molecule has 2 heteroatoms. The Hall–Kier alpha value is -2.61. The molecule has 1 N–H and O–H groups in total. The Morgan fingerprint density at radius 1 is 0.810 bits per heavy atom. The number of fused-ring (bicyclic) bond motifs is 1. The molecule has 2 nitrogen and oxygen atoms in total. The highest BCUT2D eigenvalue weighted by molar-refractivity contribution is 6.05. The SMILES string of the molecule is O=C(O)c1cccc2cccc(CCc3ccccc3)c12. The van der Waals surface area contributed by atoms with E-state index in [0.717, 1.165) is 29.2 Å². The Morgan fingerprint density at radius 3 is 2.24 bits per heavy atom. The predicted molar refractivity (Wildman–Crippen MR) is 84.8 cm³/mol. The van der Waals surface area contributed by atoms with Crippen molar-refractivity contribution in [2.75, 3.05) is 0 Å². The molecule has 0 amide bonds. The fourth-order valence-electron chi connectivity index (χ4n) is 2.73. The molecule has 0 radical (unpaired) electrons. The highest BCUT2D eigenvalue weighted by Gasteiger charge is 2.11. The minimum absolute atomic E-state index is 0.385. The summed E-state index contributed by atoms with van der Waals surface area (Å²) in [7, 11) is 0. The third-order valence-electron chi connectivity index (χ3n) is 3.75. The molecule has 21 heavy (non-hydrogen) atoms. The van der Waals surface area contributed by atoms with Crippen LogP contribution in [0.15, 0.2) is 66.7 Å². The Morgan fingerprint density at radius 2 is 1.52 bits per heavy atom. The zero-order valence-corrected chi connectivity index (χ0v) is 11.6. The summed E-state index contributed by atoms with van der Waals surface area (Å²) >= 11 is 0. The monoisotopic (exact) mass is 276 g/mol. The van der Waals surface area contributed by atoms with Crippen LogP contribution < -0.4 is 0 Å². The van der Waals surface area contributed by atoms with E-state index in [9.17, 15) is 9.90 Å². The molecule has 0 aromatic heterocycles. The number of rotatable bonds is 4. The molecule has 3 aromatic rings. The van der Waals surface area contributed by atoms with Gasteiger partial charge in [0.05, 0.1) is 5.56 Å². The topological polar surface area (TPSA) is 37.3 Å². The Labute approximate surface area is 123 Å². The minimum Gasteiger partial charge on any atom is -0.478 e. The van der Waals surface area contributed by atoms with Crippen LogP contribution in [0.2, 0.25) is 0 Å². The molecule has 0 spiro atoms. The third kappa shape index (κ3) is 2.79. The molecule has 0 heterocycles.